The van der Waals surface area contributed by atoms with Gasteiger partial charge in [0.25, 0.3) is 0 Å². The molecule has 6 nitrogen and oxygen atoms in total. The zero-order chi connectivity index (χ0) is 17.5. The van der Waals surface area contributed by atoms with Gasteiger partial charge in [0.05, 0.1) is 26.4 Å². The number of hydrogen-bond donors (Lipinski definition) is 2. The topological polar surface area (TPSA) is 62.8 Å². The standard InChI is InChI=1S/C19H29N3O3/c1-24-17-4-2-15(3-5-17)18(22-10-12-25-13-11-22)14-21-19(23)16-6-8-20-9-7-16/h2-5,16,18,20H,6-14H2,1H3,(H,21,23). The van der Waals surface area contributed by atoms with E-state index in [9.17, 15) is 4.79 Å². The molecule has 0 saturated carbocycles. The Morgan fingerprint density at radius 1 is 1.28 bits per heavy atom. The van der Waals surface area contributed by atoms with Gasteiger partial charge in [-0.25, -0.2) is 0 Å². The van der Waals surface area contributed by atoms with Gasteiger partial charge in [-0.2, -0.15) is 0 Å². The average molecular weight is 347 g/mol. The fraction of sp³-hybridized carbons (Fsp3) is 0.632. The van der Waals surface area contributed by atoms with Crippen LogP contribution in [0.2, 0.25) is 0 Å². The number of ether oxygens (including phenoxy) is 2. The molecule has 2 heterocycles. The first-order chi connectivity index (χ1) is 12.3. The Labute approximate surface area is 149 Å². The molecule has 1 amide bonds. The van der Waals surface area contributed by atoms with Crippen molar-refractivity contribution in [1.29, 1.82) is 0 Å². The van der Waals surface area contributed by atoms with Crippen LogP contribution in [0.5, 0.6) is 5.75 Å². The van der Waals surface area contributed by atoms with Crippen LogP contribution in [0.4, 0.5) is 0 Å². The van der Waals surface area contributed by atoms with E-state index in [0.29, 0.717) is 6.54 Å². The highest BCUT2D eigenvalue weighted by atomic mass is 16.5. The number of carbonyl (C=O) groups excluding carboxylic acids is 1. The molecular weight excluding hydrogens is 318 g/mol. The average Bonchev–Trinajstić information content (AvgIpc) is 2.70. The van der Waals surface area contributed by atoms with Crippen LogP contribution in [-0.2, 0) is 9.53 Å². The number of amides is 1. The van der Waals surface area contributed by atoms with Crippen molar-refractivity contribution in [3.8, 4) is 5.75 Å². The maximum atomic E-state index is 12.5. The summed E-state index contributed by atoms with van der Waals surface area (Å²) in [5.41, 5.74) is 1.20. The van der Waals surface area contributed by atoms with Gasteiger partial charge in [-0.3, -0.25) is 9.69 Å². The third-order valence-electron chi connectivity index (χ3n) is 5.17. The van der Waals surface area contributed by atoms with Gasteiger partial charge in [0, 0.05) is 25.6 Å². The molecule has 3 rings (SSSR count). The molecule has 1 aromatic rings. The summed E-state index contributed by atoms with van der Waals surface area (Å²) in [6.45, 7) is 5.77. The van der Waals surface area contributed by atoms with Crippen LogP contribution in [0.3, 0.4) is 0 Å². The van der Waals surface area contributed by atoms with Gasteiger partial charge in [-0.1, -0.05) is 12.1 Å². The summed E-state index contributed by atoms with van der Waals surface area (Å²) in [6.07, 6.45) is 1.85. The van der Waals surface area contributed by atoms with Gasteiger partial charge < -0.3 is 20.1 Å². The van der Waals surface area contributed by atoms with Crippen molar-refractivity contribution in [1.82, 2.24) is 15.5 Å². The van der Waals surface area contributed by atoms with Crippen LogP contribution in [0.15, 0.2) is 24.3 Å². The van der Waals surface area contributed by atoms with E-state index in [1.807, 2.05) is 12.1 Å². The third kappa shape index (κ3) is 4.93. The highest BCUT2D eigenvalue weighted by Gasteiger charge is 2.26. The van der Waals surface area contributed by atoms with Gasteiger partial charge in [0.2, 0.25) is 5.91 Å². The number of piperidine rings is 1. The first-order valence-corrected chi connectivity index (χ1v) is 9.22. The molecule has 0 aromatic heterocycles. The number of nitrogens with zero attached hydrogens (tertiary/aromatic N) is 1. The van der Waals surface area contributed by atoms with Crippen molar-refractivity contribution < 1.29 is 14.3 Å². The van der Waals surface area contributed by atoms with E-state index in [2.05, 4.69) is 27.7 Å². The number of morpholine rings is 1. The Morgan fingerprint density at radius 2 is 1.96 bits per heavy atom. The summed E-state index contributed by atoms with van der Waals surface area (Å²) in [7, 11) is 1.67. The zero-order valence-corrected chi connectivity index (χ0v) is 15.0. The predicted molar refractivity (Wildman–Crippen MR) is 96.7 cm³/mol. The second-order valence-electron chi connectivity index (χ2n) is 6.71. The van der Waals surface area contributed by atoms with Gasteiger partial charge in [-0.05, 0) is 43.6 Å². The predicted octanol–water partition coefficient (Wildman–Crippen LogP) is 1.18. The van der Waals surface area contributed by atoms with Gasteiger partial charge in [-0.15, -0.1) is 0 Å². The van der Waals surface area contributed by atoms with Crippen LogP contribution in [0.25, 0.3) is 0 Å². The van der Waals surface area contributed by atoms with Crippen LogP contribution in [0, 0.1) is 5.92 Å². The molecule has 138 valence electrons. The minimum Gasteiger partial charge on any atom is -0.497 e. The van der Waals surface area contributed by atoms with E-state index >= 15 is 0 Å². The molecule has 0 aliphatic carbocycles. The smallest absolute Gasteiger partial charge is 0.223 e. The van der Waals surface area contributed by atoms with Crippen LogP contribution >= 0.6 is 0 Å². The summed E-state index contributed by atoms with van der Waals surface area (Å²) in [5.74, 6) is 1.18. The molecule has 2 aliphatic rings. The van der Waals surface area contributed by atoms with Crippen molar-refractivity contribution in [2.75, 3.05) is 53.0 Å². The largest absolute Gasteiger partial charge is 0.497 e. The second kappa shape index (κ2) is 9.17. The fourth-order valence-corrected chi connectivity index (χ4v) is 3.60. The van der Waals surface area contributed by atoms with Crippen molar-refractivity contribution in [3.05, 3.63) is 29.8 Å². The molecule has 2 saturated heterocycles. The number of carbonyl (C=O) groups is 1. The summed E-state index contributed by atoms with van der Waals surface area (Å²) >= 11 is 0. The SMILES string of the molecule is COc1ccc(C(CNC(=O)C2CCNCC2)N2CCOCC2)cc1. The lowest BCUT2D eigenvalue weighted by Gasteiger charge is -2.35. The lowest BCUT2D eigenvalue weighted by Crippen LogP contribution is -2.45. The first-order valence-electron chi connectivity index (χ1n) is 9.22. The monoisotopic (exact) mass is 347 g/mol. The van der Waals surface area contributed by atoms with Crippen molar-refractivity contribution in [3.63, 3.8) is 0 Å². The fourth-order valence-electron chi connectivity index (χ4n) is 3.60. The van der Waals surface area contributed by atoms with Crippen molar-refractivity contribution in [2.24, 2.45) is 5.92 Å². The number of rotatable bonds is 6. The summed E-state index contributed by atoms with van der Waals surface area (Å²) in [6, 6.07) is 8.32. The lowest BCUT2D eigenvalue weighted by molar-refractivity contribution is -0.126. The summed E-state index contributed by atoms with van der Waals surface area (Å²) < 4.78 is 10.7. The van der Waals surface area contributed by atoms with Gasteiger partial charge >= 0.3 is 0 Å². The maximum absolute atomic E-state index is 12.5. The number of nitrogens with one attached hydrogen (secondary N) is 2. The van der Waals surface area contributed by atoms with Crippen LogP contribution in [0.1, 0.15) is 24.4 Å². The van der Waals surface area contributed by atoms with E-state index in [1.54, 1.807) is 7.11 Å². The van der Waals surface area contributed by atoms with E-state index in [-0.39, 0.29) is 17.9 Å². The van der Waals surface area contributed by atoms with Crippen molar-refractivity contribution >= 4 is 5.91 Å². The summed E-state index contributed by atoms with van der Waals surface area (Å²) in [4.78, 5) is 14.9. The first kappa shape index (κ1) is 18.2. The molecule has 0 spiro atoms. The zero-order valence-electron chi connectivity index (χ0n) is 15.0. The molecule has 6 heteroatoms. The highest BCUT2D eigenvalue weighted by molar-refractivity contribution is 5.78. The van der Waals surface area contributed by atoms with E-state index < -0.39 is 0 Å². The Hall–Kier alpha value is -1.63. The minimum absolute atomic E-state index is 0.141. The molecule has 2 N–H and O–H groups in total. The number of benzene rings is 1. The third-order valence-corrected chi connectivity index (χ3v) is 5.17. The van der Waals surface area contributed by atoms with Gasteiger partial charge in [0.15, 0.2) is 0 Å². The molecule has 0 radical (unpaired) electrons. The second-order valence-corrected chi connectivity index (χ2v) is 6.71. The van der Waals surface area contributed by atoms with E-state index in [1.165, 1.54) is 5.56 Å². The minimum atomic E-state index is 0.141. The Morgan fingerprint density at radius 3 is 2.60 bits per heavy atom. The van der Waals surface area contributed by atoms with Gasteiger partial charge in [0.1, 0.15) is 5.75 Å². The molecule has 2 aliphatic heterocycles. The number of methoxy groups -OCH3 is 1. The number of hydrogen-bond acceptors (Lipinski definition) is 5. The van der Waals surface area contributed by atoms with Crippen LogP contribution < -0.4 is 15.4 Å². The Balaban J connectivity index is 1.65. The molecule has 1 aromatic carbocycles. The molecule has 25 heavy (non-hydrogen) atoms. The molecule has 0 bridgehead atoms. The maximum Gasteiger partial charge on any atom is 0.223 e. The van der Waals surface area contributed by atoms with Crippen molar-refractivity contribution in [2.45, 2.75) is 18.9 Å². The lowest BCUT2D eigenvalue weighted by atomic mass is 9.97. The molecule has 1 atom stereocenters. The Bertz CT molecular complexity index is 537. The molecule has 2 fully saturated rings. The highest BCUT2D eigenvalue weighted by Crippen LogP contribution is 2.24. The van der Waals surface area contributed by atoms with E-state index in [0.717, 1.165) is 58.0 Å². The van der Waals surface area contributed by atoms with Crippen LogP contribution in [-0.4, -0.2) is 63.9 Å². The normalized spacial score (nSPS) is 20.8. The quantitative estimate of drug-likeness (QED) is 0.809. The molecular formula is C19H29N3O3. The van der Waals surface area contributed by atoms with E-state index in [4.69, 9.17) is 9.47 Å². The summed E-state index contributed by atoms with van der Waals surface area (Å²) in [5, 5.41) is 6.51. The Kier molecular flexibility index (Phi) is 6.67. The molecule has 1 unspecified atom stereocenters.